The number of ether oxygens (including phenoxy) is 8. The third kappa shape index (κ3) is 21.3. The number of sulfonamides is 1. The number of hydrogen-bond acceptors (Lipinski definition) is 28. The van der Waals surface area contributed by atoms with Gasteiger partial charge in [0, 0.05) is 61.4 Å². The number of carbonyl (C=O) groups excluding carboxylic acids is 8. The minimum atomic E-state index is -3.96. The number of carboxylic acid groups (broad SMARTS) is 1. The molecule has 674 valence electrons. The Morgan fingerprint density at radius 3 is 2.02 bits per heavy atom. The van der Waals surface area contributed by atoms with Crippen molar-refractivity contribution in [2.24, 2.45) is 23.5 Å². The van der Waals surface area contributed by atoms with Crippen molar-refractivity contribution in [2.75, 3.05) is 26.3 Å². The van der Waals surface area contributed by atoms with Crippen LogP contribution in [0.5, 0.6) is 51.7 Å². The van der Waals surface area contributed by atoms with E-state index < -0.39 is 272 Å². The van der Waals surface area contributed by atoms with Gasteiger partial charge < -0.3 is 121 Å². The van der Waals surface area contributed by atoms with Gasteiger partial charge in [0.2, 0.25) is 51.6 Å². The summed E-state index contributed by atoms with van der Waals surface area (Å²) in [6, 6.07) is 10.5. The highest BCUT2D eigenvalue weighted by atomic mass is 35.5. The average molecular weight is 1800 g/mol. The number of amides is 6. The molecule has 36 nitrogen and oxygen atoms in total. The van der Waals surface area contributed by atoms with E-state index in [9.17, 15) is 73.6 Å². The first-order valence-corrected chi connectivity index (χ1v) is 43.3. The van der Waals surface area contributed by atoms with E-state index >= 15 is 24.0 Å². The van der Waals surface area contributed by atoms with Crippen LogP contribution in [0, 0.1) is 17.8 Å². The summed E-state index contributed by atoms with van der Waals surface area (Å²) in [6.07, 6.45) is -17.0. The summed E-state index contributed by atoms with van der Waals surface area (Å²) in [7, 11) is -3.96. The minimum absolute atomic E-state index is 0.00379. The number of carbonyl (C=O) groups is 9. The van der Waals surface area contributed by atoms with Gasteiger partial charge in [-0.2, -0.15) is 0 Å². The fraction of sp³-hybridized carbons (Fsp3) is 0.477. The van der Waals surface area contributed by atoms with Gasteiger partial charge >= 0.3 is 12.1 Å². The Hall–Kier alpha value is -10.5. The molecule has 39 heteroatoms. The molecule has 0 saturated carbocycles. The Balaban J connectivity index is 0.995. The summed E-state index contributed by atoms with van der Waals surface area (Å²) < 4.78 is 79.5. The Kier molecular flexibility index (Phi) is 30.0. The molecular weight excluding hydrogens is 1700 g/mol. The number of carboxylic acids is 1. The van der Waals surface area contributed by atoms with Crippen LogP contribution in [0.15, 0.2) is 102 Å². The number of aliphatic hydroxyl groups is 5. The summed E-state index contributed by atoms with van der Waals surface area (Å²) in [4.78, 5) is 133. The lowest BCUT2D eigenvalue weighted by Gasteiger charge is -2.46. The second-order valence-corrected chi connectivity index (χ2v) is 35.1. The van der Waals surface area contributed by atoms with Gasteiger partial charge in [0.1, 0.15) is 83.1 Å². The van der Waals surface area contributed by atoms with Gasteiger partial charge in [-0.15, -0.1) is 0 Å². The molecule has 8 heterocycles. The molecule has 3 saturated heterocycles. The fourth-order valence-corrected chi connectivity index (χ4v) is 17.8. The molecule has 14 rings (SSSR count). The van der Waals surface area contributed by atoms with Crippen LogP contribution in [0.4, 0.5) is 4.79 Å². The number of ketones is 2. The number of hydrogen-bond donors (Lipinski definition) is 17. The predicted octanol–water partition coefficient (Wildman–Crippen LogP) is 6.73. The zero-order chi connectivity index (χ0) is 90.4. The Labute approximate surface area is 728 Å². The zero-order valence-corrected chi connectivity index (χ0v) is 71.3. The number of benzene rings is 6. The van der Waals surface area contributed by atoms with Crippen LogP contribution in [-0.4, -0.2) is 201 Å². The molecule has 8 aliphatic heterocycles. The number of phenolic OH excluding ortho intramolecular Hbond substituents is 3. The van der Waals surface area contributed by atoms with Crippen molar-refractivity contribution in [3.63, 3.8) is 0 Å². The minimum Gasteiger partial charge on any atom is -0.507 e. The van der Waals surface area contributed by atoms with E-state index in [1.807, 2.05) is 13.8 Å². The fourth-order valence-electron chi connectivity index (χ4n) is 16.3. The van der Waals surface area contributed by atoms with Gasteiger partial charge in [0.25, 0.3) is 0 Å². The highest BCUT2D eigenvalue weighted by Gasteiger charge is 2.56. The largest absolute Gasteiger partial charge is 0.507 e. The van der Waals surface area contributed by atoms with Crippen molar-refractivity contribution >= 4 is 86.4 Å². The molecule has 6 amide bonds. The summed E-state index contributed by atoms with van der Waals surface area (Å²) in [6.45, 7) is 9.97. The molecule has 0 aromatic heterocycles. The van der Waals surface area contributed by atoms with Crippen LogP contribution < -0.4 is 61.3 Å². The molecule has 11 bridgehead atoms. The van der Waals surface area contributed by atoms with Crippen LogP contribution in [0.1, 0.15) is 176 Å². The highest BCUT2D eigenvalue weighted by Crippen LogP contribution is 2.52. The van der Waals surface area contributed by atoms with Gasteiger partial charge in [-0.05, 0) is 160 Å². The van der Waals surface area contributed by atoms with Crippen LogP contribution >= 0.6 is 23.2 Å². The monoisotopic (exact) mass is 1800 g/mol. The third-order valence-corrected chi connectivity index (χ3v) is 25.0. The topological polar surface area (TPSA) is 554 Å². The number of aliphatic carboxylic acids is 1. The molecule has 0 radical (unpaired) electrons. The van der Waals surface area contributed by atoms with Crippen LogP contribution in [0.25, 0.3) is 11.1 Å². The number of aliphatic hydroxyl groups excluding tert-OH is 5. The normalized spacial score (nSPS) is 26.6. The molecule has 3 fully saturated rings. The molecule has 18 N–H and O–H groups in total. The van der Waals surface area contributed by atoms with Gasteiger partial charge in [-0.25, -0.2) is 22.7 Å². The van der Waals surface area contributed by atoms with Crippen molar-refractivity contribution in [2.45, 2.75) is 221 Å². The summed E-state index contributed by atoms with van der Waals surface area (Å²) in [5, 5.41) is 123. The van der Waals surface area contributed by atoms with Crippen molar-refractivity contribution in [3.8, 4) is 62.9 Å². The Bertz CT molecular complexity index is 5180. The maximum atomic E-state index is 16.5. The number of alkyl carbamates (subject to hydrolysis) is 1. The van der Waals surface area contributed by atoms with Crippen LogP contribution in [-0.2, 0) is 73.9 Å². The van der Waals surface area contributed by atoms with Crippen LogP contribution in [0.3, 0.4) is 0 Å². The maximum absolute atomic E-state index is 16.5. The molecule has 8 aliphatic rings. The molecule has 0 unspecified atom stereocenters. The predicted molar refractivity (Wildman–Crippen MR) is 444 cm³/mol. The first kappa shape index (κ1) is 93.6. The second-order valence-electron chi connectivity index (χ2n) is 32.6. The van der Waals surface area contributed by atoms with E-state index in [-0.39, 0.29) is 76.2 Å². The van der Waals surface area contributed by atoms with Gasteiger partial charge in [-0.3, -0.25) is 33.6 Å². The standard InChI is InChI=1S/C86H102Cl2N8O28S/c1-7-9-12-25-117-47-16-18-48(19-17-47)125(115,116)91-24-11-10-23-90-37-52-56(99)35-51-66(73(52)105)50-27-42(13-20-55(50)98)49-34-58(101)67-45-31-61(119-59-21-14-43(28-53(59)87)71(103)69(94-79(108)41(8-2)26-39(3)4)57(100)30-46(33-64(89)102)80(109)92-67)76(62(32-45)120-60-22-15-44(29-54(60)88)72(104)70(95-81(49)110)82(111)93-68(51)83(112)113)123-84-77(75(107)74(106)63(38-97)121-84)122-65-36-86(6)78(40(5)118-65)124-85(114)96-86/h13-22,27-29,31-32,35,39-41,46,49,63,65,67-72,74-75,77-78,84,90-91,97-99,103-107H,7-12,23-26,30,33-34,36-38H2,1-6H3,(H2,89,102)(H,92,109)(H,93,111)(H,94,108)(H,95,110)(H,96,114)(H,112,113)/t40-,41+,46-,49+,63+,65-,67+,68-,69-,70-,71+,72+,74+,75-,77+,78+,84-,86-/m0/s1. The molecule has 0 aliphatic carbocycles. The lowest BCUT2D eigenvalue weighted by molar-refractivity contribution is -0.332. The number of aromatic hydroxyl groups is 3. The van der Waals surface area contributed by atoms with Gasteiger partial charge in [-0.1, -0.05) is 81.9 Å². The van der Waals surface area contributed by atoms with E-state index in [0.29, 0.717) is 25.2 Å². The van der Waals surface area contributed by atoms with Crippen molar-refractivity contribution in [1.29, 1.82) is 0 Å². The summed E-state index contributed by atoms with van der Waals surface area (Å²) in [5.74, 6) is -19.1. The number of halogens is 2. The van der Waals surface area contributed by atoms with Gasteiger partial charge in [0.15, 0.2) is 47.6 Å². The Morgan fingerprint density at radius 1 is 0.728 bits per heavy atom. The number of rotatable bonds is 27. The molecule has 6 aromatic rings. The number of nitrogens with two attached hydrogens (primary N) is 1. The summed E-state index contributed by atoms with van der Waals surface area (Å²) >= 11 is 14.4. The maximum Gasteiger partial charge on any atom is 0.408 e. The van der Waals surface area contributed by atoms with E-state index in [1.165, 1.54) is 30.3 Å². The zero-order valence-electron chi connectivity index (χ0n) is 69.0. The molecule has 125 heavy (non-hydrogen) atoms. The number of nitrogens with one attached hydrogen (secondary N) is 7. The molecule has 0 spiro atoms. The van der Waals surface area contributed by atoms with Crippen LogP contribution in [0.2, 0.25) is 10.0 Å². The van der Waals surface area contributed by atoms with Gasteiger partial charge in [0.05, 0.1) is 57.2 Å². The Morgan fingerprint density at radius 2 is 1.39 bits per heavy atom. The smallest absolute Gasteiger partial charge is 0.408 e. The lowest BCUT2D eigenvalue weighted by Crippen LogP contribution is -2.63. The number of primary amides is 1. The third-order valence-electron chi connectivity index (χ3n) is 23.0. The van der Waals surface area contributed by atoms with Crippen molar-refractivity contribution in [1.82, 2.24) is 36.6 Å². The highest BCUT2D eigenvalue weighted by molar-refractivity contribution is 7.89. The number of fused-ring (bicyclic) bond motifs is 16. The number of Topliss-reactive ketones (excluding diaryl/α,β-unsaturated/α-hetero) is 2. The van der Waals surface area contributed by atoms with Crippen molar-refractivity contribution in [3.05, 3.63) is 140 Å². The van der Waals surface area contributed by atoms with E-state index in [1.54, 1.807) is 32.9 Å². The quantitative estimate of drug-likeness (QED) is 0.0238. The lowest BCUT2D eigenvalue weighted by atomic mass is 9.84. The molecule has 18 atom stereocenters. The summed E-state index contributed by atoms with van der Waals surface area (Å²) in [5.41, 5.74) is 1.67. The molecule has 6 aromatic carbocycles. The van der Waals surface area contributed by atoms with E-state index in [2.05, 4.69) is 43.5 Å². The van der Waals surface area contributed by atoms with E-state index in [0.717, 1.165) is 73.9 Å². The molecular formula is C86H102Cl2N8O28S. The first-order valence-electron chi connectivity index (χ1n) is 41.1. The number of phenols is 3. The van der Waals surface area contributed by atoms with Crippen molar-refractivity contribution < 1.29 is 135 Å². The second kappa shape index (κ2) is 40.0. The number of unbranched alkanes of at least 4 members (excludes halogenated alkanes) is 3. The average Bonchev–Trinajstić information content (AvgIpc) is 1.43. The van der Waals surface area contributed by atoms with E-state index in [4.69, 9.17) is 66.8 Å². The SMILES string of the molecule is CCCCCOc1ccc(S(=O)(=O)NCCCCNCc2c(O)cc3c(c2O)-c2cc(ccc2O)[C@H]2CC(=O)[C@@H]4NC(=O)[C@H](CC(N)=O)CC(=O)[C@H](NC(=O)[C@H](CC)CC(C)C)[C@H](O)c5ccc(c(Cl)c5)Oc5cc4cc(c5O[C@@H]4O[C@H](CO)[C@@H](O)[C@H](O)[C@H]4O[C@H]4C[C@]5(C)NC(=O)O[C@@H]5[C@H](C)O4)Oc4ccc(cc4Cl)[C@@H](O)[C@H](NC2=O)C(=O)N[C@@H]3C(=O)O)cc1. The first-order chi connectivity index (χ1) is 59.4.